The van der Waals surface area contributed by atoms with E-state index in [2.05, 4.69) is 10.2 Å². The number of halogens is 2. The second-order valence-electron chi connectivity index (χ2n) is 6.72. The third-order valence-corrected chi connectivity index (χ3v) is 7.33. The Morgan fingerprint density at radius 3 is 2.72 bits per heavy atom. The van der Waals surface area contributed by atoms with E-state index in [9.17, 15) is 19.8 Å². The number of phenolic OH excluding ortho intramolecular Hbond substituents is 1. The van der Waals surface area contributed by atoms with Crippen LogP contribution in [-0.2, 0) is 16.2 Å². The van der Waals surface area contributed by atoms with Gasteiger partial charge in [0.15, 0.2) is 5.01 Å². The smallest absolute Gasteiger partial charge is 0.305 e. The third kappa shape index (κ3) is 4.93. The second-order valence-corrected chi connectivity index (χ2v) is 9.89. The van der Waals surface area contributed by atoms with Crippen molar-refractivity contribution in [2.24, 2.45) is 0 Å². The van der Waals surface area contributed by atoms with Crippen LogP contribution in [0.15, 0.2) is 42.5 Å². The maximum Gasteiger partial charge on any atom is 0.305 e. The van der Waals surface area contributed by atoms with Crippen molar-refractivity contribution in [1.82, 2.24) is 10.2 Å². The van der Waals surface area contributed by atoms with Crippen molar-refractivity contribution in [1.29, 1.82) is 0 Å². The zero-order valence-electron chi connectivity index (χ0n) is 16.1. The second kappa shape index (κ2) is 9.53. The summed E-state index contributed by atoms with van der Waals surface area (Å²) < 4.78 is 5.68. The Balaban J connectivity index is 1.57. The number of carboxylic acids is 1. The normalized spacial score (nSPS) is 18.2. The highest BCUT2D eigenvalue weighted by Gasteiger charge is 2.44. The molecular formula is C20H15Cl2N3O5S2. The number of phenols is 1. The number of carbonyl (C=O) groups is 2. The van der Waals surface area contributed by atoms with Gasteiger partial charge in [-0.05, 0) is 35.9 Å². The lowest BCUT2D eigenvalue weighted by atomic mass is 10.2. The molecule has 2 aromatic carbocycles. The number of aromatic hydroxyl groups is 1. The number of carboxylic acid groups (broad SMARTS) is 1. The molecule has 1 aliphatic rings. The molecule has 2 unspecified atom stereocenters. The molecule has 4 rings (SSSR count). The number of carbonyl (C=O) groups excluding carboxylic acids is 1. The molecule has 12 heteroatoms. The summed E-state index contributed by atoms with van der Waals surface area (Å²) in [6.07, 6.45) is -0.320. The molecule has 0 saturated carbocycles. The highest BCUT2D eigenvalue weighted by Crippen LogP contribution is 2.47. The van der Waals surface area contributed by atoms with Gasteiger partial charge in [0.05, 0.1) is 16.7 Å². The predicted octanol–water partition coefficient (Wildman–Crippen LogP) is 4.75. The molecule has 1 fully saturated rings. The topological polar surface area (TPSA) is 113 Å². The van der Waals surface area contributed by atoms with Gasteiger partial charge >= 0.3 is 5.97 Å². The molecule has 1 saturated heterocycles. The van der Waals surface area contributed by atoms with Crippen molar-refractivity contribution in [2.75, 3.05) is 4.90 Å². The molecular weight excluding hydrogens is 497 g/mol. The Kier molecular flexibility index (Phi) is 6.75. The maximum atomic E-state index is 13.0. The molecule has 1 aromatic heterocycles. The van der Waals surface area contributed by atoms with Crippen LogP contribution in [0, 0.1) is 0 Å². The van der Waals surface area contributed by atoms with Crippen molar-refractivity contribution in [3.05, 3.63) is 63.1 Å². The number of amides is 1. The van der Waals surface area contributed by atoms with Crippen LogP contribution in [-0.4, -0.2) is 37.5 Å². The van der Waals surface area contributed by atoms with Gasteiger partial charge in [-0.1, -0.05) is 46.7 Å². The largest absolute Gasteiger partial charge is 0.508 e. The lowest BCUT2D eigenvalue weighted by molar-refractivity contribution is -0.138. The van der Waals surface area contributed by atoms with Crippen LogP contribution in [0.5, 0.6) is 11.5 Å². The van der Waals surface area contributed by atoms with E-state index in [-0.39, 0.29) is 24.7 Å². The van der Waals surface area contributed by atoms with Crippen LogP contribution in [0.25, 0.3) is 0 Å². The monoisotopic (exact) mass is 511 g/mol. The number of nitrogens with zero attached hydrogens (tertiary/aromatic N) is 3. The number of hydrogen-bond acceptors (Lipinski definition) is 8. The summed E-state index contributed by atoms with van der Waals surface area (Å²) in [4.78, 5) is 25.7. The summed E-state index contributed by atoms with van der Waals surface area (Å²) >= 11 is 14.4. The Labute approximate surface area is 200 Å². The van der Waals surface area contributed by atoms with E-state index in [0.717, 1.165) is 11.3 Å². The van der Waals surface area contributed by atoms with Crippen molar-refractivity contribution in [3.63, 3.8) is 0 Å². The number of benzene rings is 2. The molecule has 0 aliphatic carbocycles. The molecule has 2 N–H and O–H groups in total. The Morgan fingerprint density at radius 2 is 2.00 bits per heavy atom. The molecule has 2 heterocycles. The summed E-state index contributed by atoms with van der Waals surface area (Å²) in [5.41, 5.74) is 0.650. The van der Waals surface area contributed by atoms with Crippen LogP contribution < -0.4 is 9.64 Å². The number of ether oxygens (including phenoxy) is 1. The van der Waals surface area contributed by atoms with Gasteiger partial charge in [0.25, 0.3) is 0 Å². The lowest BCUT2D eigenvalue weighted by Crippen LogP contribution is -2.31. The molecule has 3 aromatic rings. The van der Waals surface area contributed by atoms with Crippen LogP contribution in [0.1, 0.15) is 22.4 Å². The van der Waals surface area contributed by atoms with E-state index in [1.165, 1.54) is 28.8 Å². The standard InChI is InChI=1S/C20H15Cl2N3O5S2/c21-11-4-5-14(13(22)7-11)30-9-16-23-24-20(32-16)25-18(29)15(8-17(27)28)31-19(25)10-2-1-3-12(26)6-10/h1-7,15,19,26H,8-9H2,(H,27,28). The van der Waals surface area contributed by atoms with E-state index in [0.29, 0.717) is 31.5 Å². The van der Waals surface area contributed by atoms with Crippen LogP contribution in [0.2, 0.25) is 10.0 Å². The van der Waals surface area contributed by atoms with Gasteiger partial charge in [-0.15, -0.1) is 22.0 Å². The number of aromatic nitrogens is 2. The van der Waals surface area contributed by atoms with Gasteiger partial charge < -0.3 is 14.9 Å². The zero-order chi connectivity index (χ0) is 22.8. The zero-order valence-corrected chi connectivity index (χ0v) is 19.3. The minimum Gasteiger partial charge on any atom is -0.508 e. The number of anilines is 1. The Morgan fingerprint density at radius 1 is 1.19 bits per heavy atom. The minimum absolute atomic E-state index is 0.0448. The van der Waals surface area contributed by atoms with Gasteiger partial charge in [0, 0.05) is 5.02 Å². The molecule has 1 amide bonds. The van der Waals surface area contributed by atoms with Crippen LogP contribution in [0.4, 0.5) is 5.13 Å². The number of thioether (sulfide) groups is 1. The molecule has 1 aliphatic heterocycles. The average molecular weight is 512 g/mol. The summed E-state index contributed by atoms with van der Waals surface area (Å²) in [6, 6.07) is 11.3. The summed E-state index contributed by atoms with van der Waals surface area (Å²) in [6.45, 7) is 0.0730. The van der Waals surface area contributed by atoms with E-state index < -0.39 is 16.6 Å². The first-order valence-electron chi connectivity index (χ1n) is 9.21. The van der Waals surface area contributed by atoms with E-state index in [4.69, 9.17) is 27.9 Å². The Bertz CT molecular complexity index is 1180. The van der Waals surface area contributed by atoms with Crippen molar-refractivity contribution >= 4 is 63.3 Å². The predicted molar refractivity (Wildman–Crippen MR) is 123 cm³/mol. The lowest BCUT2D eigenvalue weighted by Gasteiger charge is -2.20. The minimum atomic E-state index is -1.07. The van der Waals surface area contributed by atoms with Crippen molar-refractivity contribution in [2.45, 2.75) is 23.7 Å². The maximum absolute atomic E-state index is 13.0. The van der Waals surface area contributed by atoms with Crippen LogP contribution in [0.3, 0.4) is 0 Å². The fourth-order valence-corrected chi connectivity index (χ4v) is 5.80. The van der Waals surface area contributed by atoms with Crippen molar-refractivity contribution < 1.29 is 24.5 Å². The summed E-state index contributed by atoms with van der Waals surface area (Å²) in [5, 5.41) is 27.6. The summed E-state index contributed by atoms with van der Waals surface area (Å²) in [7, 11) is 0. The highest BCUT2D eigenvalue weighted by molar-refractivity contribution is 8.01. The fraction of sp³-hybridized carbons (Fsp3) is 0.200. The number of aliphatic carboxylic acids is 1. The molecule has 8 nitrogen and oxygen atoms in total. The molecule has 32 heavy (non-hydrogen) atoms. The van der Waals surface area contributed by atoms with E-state index >= 15 is 0 Å². The number of rotatable bonds is 7. The summed E-state index contributed by atoms with van der Waals surface area (Å²) in [5.74, 6) is -0.975. The van der Waals surface area contributed by atoms with Gasteiger partial charge in [0.2, 0.25) is 11.0 Å². The van der Waals surface area contributed by atoms with Crippen molar-refractivity contribution in [3.8, 4) is 11.5 Å². The van der Waals surface area contributed by atoms with Crippen LogP contribution >= 0.6 is 46.3 Å². The third-order valence-electron chi connectivity index (χ3n) is 4.46. The average Bonchev–Trinajstić information content (AvgIpc) is 3.31. The first-order chi connectivity index (χ1) is 15.3. The van der Waals surface area contributed by atoms with Gasteiger partial charge in [-0.2, -0.15) is 0 Å². The van der Waals surface area contributed by atoms with Gasteiger partial charge in [0.1, 0.15) is 23.5 Å². The highest BCUT2D eigenvalue weighted by atomic mass is 35.5. The molecule has 166 valence electrons. The molecule has 0 radical (unpaired) electrons. The van der Waals surface area contributed by atoms with E-state index in [1.54, 1.807) is 30.3 Å². The fourth-order valence-electron chi connectivity index (χ4n) is 3.07. The van der Waals surface area contributed by atoms with Gasteiger partial charge in [-0.3, -0.25) is 14.5 Å². The van der Waals surface area contributed by atoms with E-state index in [1.807, 2.05) is 0 Å². The first kappa shape index (κ1) is 22.7. The Hall–Kier alpha value is -2.53. The van der Waals surface area contributed by atoms with Gasteiger partial charge in [-0.25, -0.2) is 0 Å². The number of hydrogen-bond donors (Lipinski definition) is 2. The molecule has 0 spiro atoms. The molecule has 2 atom stereocenters. The molecule has 0 bridgehead atoms. The quantitative estimate of drug-likeness (QED) is 0.467. The first-order valence-corrected chi connectivity index (χ1v) is 11.7. The SMILES string of the molecule is O=C(O)CC1SC(c2cccc(O)c2)N(c2nnc(COc3ccc(Cl)cc3Cl)s2)C1=O.